The van der Waals surface area contributed by atoms with Crippen LogP contribution in [0.1, 0.15) is 26.5 Å². The minimum Gasteiger partial charge on any atom is -0.436 e. The number of benzene rings is 1. The molecule has 8 nitrogen and oxygen atoms in total. The first-order chi connectivity index (χ1) is 14.7. The largest absolute Gasteiger partial charge is 0.436 e. The lowest BCUT2D eigenvalue weighted by Gasteiger charge is -2.18. The summed E-state index contributed by atoms with van der Waals surface area (Å²) in [6.45, 7) is 6.95. The number of imidazole rings is 1. The number of nitriles is 1. The number of fused-ring (bicyclic) bond motifs is 1. The standard InChI is InChI=1S/C23H22N6O2/c1-23(2,3)14-29-19-8-5-15(9-20(19)28(4)22(29)30)18-12-25-13-21(27-18)31-17-7-6-16(10-24)26-11-17/h5-9,11-13H,14H2,1-4H3. The molecule has 0 amide bonds. The Labute approximate surface area is 179 Å². The highest BCUT2D eigenvalue weighted by molar-refractivity contribution is 5.82. The second kappa shape index (κ2) is 7.69. The van der Waals surface area contributed by atoms with Crippen molar-refractivity contribution in [3.63, 3.8) is 0 Å². The molecule has 0 bridgehead atoms. The number of ether oxygens (including phenoxy) is 1. The smallest absolute Gasteiger partial charge is 0.328 e. The van der Waals surface area contributed by atoms with E-state index in [1.165, 1.54) is 12.4 Å². The number of nitrogens with zero attached hydrogens (tertiary/aromatic N) is 6. The topological polar surface area (TPSA) is 98.6 Å². The summed E-state index contributed by atoms with van der Waals surface area (Å²) >= 11 is 0. The SMILES string of the molecule is Cn1c(=O)n(CC(C)(C)C)c2ccc(-c3cncc(Oc4ccc(C#N)nc4)n3)cc21. The Bertz CT molecular complexity index is 1350. The van der Waals surface area contributed by atoms with Crippen LogP contribution in [0.3, 0.4) is 0 Å². The highest BCUT2D eigenvalue weighted by Gasteiger charge is 2.18. The predicted molar refractivity (Wildman–Crippen MR) is 117 cm³/mol. The van der Waals surface area contributed by atoms with E-state index in [1.807, 2.05) is 28.8 Å². The average Bonchev–Trinajstić information content (AvgIpc) is 2.98. The van der Waals surface area contributed by atoms with E-state index in [9.17, 15) is 4.79 Å². The summed E-state index contributed by atoms with van der Waals surface area (Å²) in [6.07, 6.45) is 4.62. The highest BCUT2D eigenvalue weighted by atomic mass is 16.5. The molecule has 3 heterocycles. The van der Waals surface area contributed by atoms with Crippen LogP contribution >= 0.6 is 0 Å². The van der Waals surface area contributed by atoms with E-state index in [0.29, 0.717) is 29.6 Å². The van der Waals surface area contributed by atoms with E-state index in [2.05, 4.69) is 35.7 Å². The molecule has 0 saturated carbocycles. The fourth-order valence-electron chi connectivity index (χ4n) is 3.36. The molecular weight excluding hydrogens is 392 g/mol. The van der Waals surface area contributed by atoms with E-state index < -0.39 is 0 Å². The zero-order valence-corrected chi connectivity index (χ0v) is 17.8. The van der Waals surface area contributed by atoms with Gasteiger partial charge in [0.2, 0.25) is 5.88 Å². The van der Waals surface area contributed by atoms with Crippen LogP contribution in [0.4, 0.5) is 0 Å². The van der Waals surface area contributed by atoms with Gasteiger partial charge in [-0.05, 0) is 29.7 Å². The molecule has 8 heteroatoms. The molecule has 156 valence electrons. The van der Waals surface area contributed by atoms with Gasteiger partial charge in [0, 0.05) is 19.2 Å². The van der Waals surface area contributed by atoms with Crippen LogP contribution in [-0.2, 0) is 13.6 Å². The summed E-state index contributed by atoms with van der Waals surface area (Å²) in [5.41, 5.74) is 3.41. The molecule has 0 fully saturated rings. The van der Waals surface area contributed by atoms with Crippen molar-refractivity contribution < 1.29 is 4.74 Å². The molecule has 0 spiro atoms. The number of rotatable bonds is 4. The lowest BCUT2D eigenvalue weighted by molar-refractivity contribution is 0.342. The minimum atomic E-state index is -0.0430. The molecule has 0 aliphatic rings. The molecule has 4 aromatic rings. The Hall–Kier alpha value is -3.99. The van der Waals surface area contributed by atoms with E-state index in [-0.39, 0.29) is 11.1 Å². The molecule has 3 aromatic heterocycles. The molecule has 0 saturated heterocycles. The van der Waals surface area contributed by atoms with Crippen molar-refractivity contribution in [2.45, 2.75) is 27.3 Å². The fraction of sp³-hybridized carbons (Fsp3) is 0.261. The zero-order chi connectivity index (χ0) is 22.2. The van der Waals surface area contributed by atoms with Crippen molar-refractivity contribution in [3.05, 3.63) is 65.1 Å². The van der Waals surface area contributed by atoms with Crippen molar-refractivity contribution in [1.29, 1.82) is 5.26 Å². The predicted octanol–water partition coefficient (Wildman–Crippen LogP) is 3.90. The van der Waals surface area contributed by atoms with Crippen LogP contribution in [0.5, 0.6) is 11.6 Å². The quantitative estimate of drug-likeness (QED) is 0.502. The molecule has 4 rings (SSSR count). The number of aromatic nitrogens is 5. The Balaban J connectivity index is 1.69. The van der Waals surface area contributed by atoms with E-state index >= 15 is 0 Å². The molecule has 31 heavy (non-hydrogen) atoms. The molecule has 0 radical (unpaired) electrons. The summed E-state index contributed by atoms with van der Waals surface area (Å²) in [5.74, 6) is 0.769. The van der Waals surface area contributed by atoms with Crippen LogP contribution in [0.15, 0.2) is 53.7 Å². The van der Waals surface area contributed by atoms with E-state index in [4.69, 9.17) is 10.00 Å². The van der Waals surface area contributed by atoms with Crippen molar-refractivity contribution in [2.75, 3.05) is 0 Å². The second-order valence-corrected chi connectivity index (χ2v) is 8.53. The normalized spacial score (nSPS) is 11.5. The van der Waals surface area contributed by atoms with Gasteiger partial charge in [-0.2, -0.15) is 5.26 Å². The second-order valence-electron chi connectivity index (χ2n) is 8.53. The molecule has 0 atom stereocenters. The van der Waals surface area contributed by atoms with Gasteiger partial charge in [0.05, 0.1) is 35.3 Å². The number of aryl methyl sites for hydroxylation is 1. The maximum atomic E-state index is 12.8. The van der Waals surface area contributed by atoms with Gasteiger partial charge in [-0.3, -0.25) is 14.1 Å². The summed E-state index contributed by atoms with van der Waals surface area (Å²) in [6, 6.07) is 11.0. The van der Waals surface area contributed by atoms with Gasteiger partial charge >= 0.3 is 5.69 Å². The van der Waals surface area contributed by atoms with Gasteiger partial charge in [-0.15, -0.1) is 0 Å². The maximum Gasteiger partial charge on any atom is 0.328 e. The first kappa shape index (κ1) is 20.3. The van der Waals surface area contributed by atoms with Crippen LogP contribution in [0.25, 0.3) is 22.3 Å². The minimum absolute atomic E-state index is 0.0196. The number of hydrogen-bond acceptors (Lipinski definition) is 6. The maximum absolute atomic E-state index is 12.8. The van der Waals surface area contributed by atoms with Gasteiger partial charge < -0.3 is 4.74 Å². The van der Waals surface area contributed by atoms with Gasteiger partial charge in [0.15, 0.2) is 0 Å². The fourth-order valence-corrected chi connectivity index (χ4v) is 3.36. The Kier molecular flexibility index (Phi) is 5.03. The summed E-state index contributed by atoms with van der Waals surface area (Å²) in [4.78, 5) is 25.5. The average molecular weight is 414 g/mol. The highest BCUT2D eigenvalue weighted by Crippen LogP contribution is 2.26. The first-order valence-electron chi connectivity index (χ1n) is 9.81. The first-order valence-corrected chi connectivity index (χ1v) is 9.81. The third kappa shape index (κ3) is 4.16. The van der Waals surface area contributed by atoms with Crippen molar-refractivity contribution in [3.8, 4) is 29.0 Å². The van der Waals surface area contributed by atoms with Crippen LogP contribution < -0.4 is 10.4 Å². The lowest BCUT2D eigenvalue weighted by Crippen LogP contribution is -2.27. The number of hydrogen-bond donors (Lipinski definition) is 0. The van der Waals surface area contributed by atoms with E-state index in [1.54, 1.807) is 29.9 Å². The summed E-state index contributed by atoms with van der Waals surface area (Å²) < 4.78 is 9.19. The van der Waals surface area contributed by atoms with Crippen molar-refractivity contribution in [2.24, 2.45) is 12.5 Å². The van der Waals surface area contributed by atoms with E-state index in [0.717, 1.165) is 16.6 Å². The molecular formula is C23H22N6O2. The van der Waals surface area contributed by atoms with Gasteiger partial charge in [0.25, 0.3) is 0 Å². The third-order valence-electron chi connectivity index (χ3n) is 4.76. The van der Waals surface area contributed by atoms with Crippen molar-refractivity contribution >= 4 is 11.0 Å². The number of pyridine rings is 1. The lowest BCUT2D eigenvalue weighted by atomic mass is 9.97. The molecule has 0 aliphatic heterocycles. The molecule has 0 unspecified atom stereocenters. The van der Waals surface area contributed by atoms with Gasteiger partial charge in [-0.1, -0.05) is 26.8 Å². The zero-order valence-electron chi connectivity index (χ0n) is 17.8. The molecule has 0 N–H and O–H groups in total. The Morgan fingerprint density at radius 2 is 1.90 bits per heavy atom. The summed E-state index contributed by atoms with van der Waals surface area (Å²) in [5, 5.41) is 8.85. The Morgan fingerprint density at radius 3 is 2.58 bits per heavy atom. The molecule has 0 aliphatic carbocycles. The van der Waals surface area contributed by atoms with Crippen LogP contribution in [-0.4, -0.2) is 24.1 Å². The van der Waals surface area contributed by atoms with Crippen LogP contribution in [0.2, 0.25) is 0 Å². The third-order valence-corrected chi connectivity index (χ3v) is 4.76. The summed E-state index contributed by atoms with van der Waals surface area (Å²) in [7, 11) is 1.77. The van der Waals surface area contributed by atoms with Crippen LogP contribution in [0, 0.1) is 16.7 Å². The molecule has 1 aromatic carbocycles. The Morgan fingerprint density at radius 1 is 1.10 bits per heavy atom. The van der Waals surface area contributed by atoms with Gasteiger partial charge in [-0.25, -0.2) is 14.8 Å². The van der Waals surface area contributed by atoms with Gasteiger partial charge in [0.1, 0.15) is 17.5 Å². The van der Waals surface area contributed by atoms with Crippen molar-refractivity contribution in [1.82, 2.24) is 24.1 Å². The monoisotopic (exact) mass is 414 g/mol.